The number of anilines is 1. The standard InChI is InChI=1S/C18H22N4O2/c1-11-7-13(8-12(2)15(11)24-6)17(23)20-16-14(9-19)10-22(21-16)18(3,4)5/h7-8,10H,1-6H3,(H,20,21,23). The van der Waals surface area contributed by atoms with Crippen LogP contribution in [0.5, 0.6) is 5.75 Å². The summed E-state index contributed by atoms with van der Waals surface area (Å²) < 4.78 is 6.99. The quantitative estimate of drug-likeness (QED) is 0.937. The molecule has 1 N–H and O–H groups in total. The van der Waals surface area contributed by atoms with E-state index in [1.165, 1.54) is 0 Å². The average Bonchev–Trinajstić information content (AvgIpc) is 2.90. The van der Waals surface area contributed by atoms with E-state index >= 15 is 0 Å². The van der Waals surface area contributed by atoms with E-state index in [1.54, 1.807) is 30.1 Å². The highest BCUT2D eigenvalue weighted by atomic mass is 16.5. The second-order valence-corrected chi connectivity index (χ2v) is 6.72. The smallest absolute Gasteiger partial charge is 0.256 e. The van der Waals surface area contributed by atoms with E-state index in [0.29, 0.717) is 11.1 Å². The average molecular weight is 326 g/mol. The number of methoxy groups -OCH3 is 1. The van der Waals surface area contributed by atoms with Crippen molar-refractivity contribution < 1.29 is 9.53 Å². The molecular weight excluding hydrogens is 304 g/mol. The summed E-state index contributed by atoms with van der Waals surface area (Å²) in [5.41, 5.74) is 2.31. The number of nitrogens with one attached hydrogen (secondary N) is 1. The zero-order valence-corrected chi connectivity index (χ0v) is 14.9. The van der Waals surface area contributed by atoms with Crippen molar-refractivity contribution >= 4 is 11.7 Å². The number of nitrogens with zero attached hydrogens (tertiary/aromatic N) is 3. The molecule has 6 heteroatoms. The Hall–Kier alpha value is -2.81. The normalized spacial score (nSPS) is 11.0. The SMILES string of the molecule is COc1c(C)cc(C(=O)Nc2nn(C(C)(C)C)cc2C#N)cc1C. The minimum Gasteiger partial charge on any atom is -0.496 e. The van der Waals surface area contributed by atoms with Crippen LogP contribution < -0.4 is 10.1 Å². The summed E-state index contributed by atoms with van der Waals surface area (Å²) >= 11 is 0. The van der Waals surface area contributed by atoms with Crippen molar-refractivity contribution in [2.45, 2.75) is 40.2 Å². The van der Waals surface area contributed by atoms with Gasteiger partial charge < -0.3 is 10.1 Å². The predicted molar refractivity (Wildman–Crippen MR) is 92.4 cm³/mol. The van der Waals surface area contributed by atoms with Crippen LogP contribution in [-0.4, -0.2) is 22.8 Å². The van der Waals surface area contributed by atoms with Crippen molar-refractivity contribution in [2.75, 3.05) is 12.4 Å². The van der Waals surface area contributed by atoms with E-state index in [-0.39, 0.29) is 17.3 Å². The number of rotatable bonds is 3. The van der Waals surface area contributed by atoms with Crippen LogP contribution in [0.25, 0.3) is 0 Å². The first kappa shape index (κ1) is 17.5. The van der Waals surface area contributed by atoms with Gasteiger partial charge in [-0.3, -0.25) is 9.48 Å². The number of hydrogen-bond acceptors (Lipinski definition) is 4. The van der Waals surface area contributed by atoms with Gasteiger partial charge in [0, 0.05) is 11.8 Å². The molecule has 0 saturated carbocycles. The van der Waals surface area contributed by atoms with Gasteiger partial charge in [-0.25, -0.2) is 0 Å². The number of hydrogen-bond donors (Lipinski definition) is 1. The first-order valence-corrected chi connectivity index (χ1v) is 7.64. The molecule has 0 unspecified atom stereocenters. The number of benzene rings is 1. The van der Waals surface area contributed by atoms with Gasteiger partial charge in [-0.15, -0.1) is 0 Å². The minimum absolute atomic E-state index is 0.267. The van der Waals surface area contributed by atoms with Gasteiger partial charge in [-0.05, 0) is 57.9 Å². The molecule has 2 rings (SSSR count). The van der Waals surface area contributed by atoms with Crippen LogP contribution in [0.4, 0.5) is 5.82 Å². The van der Waals surface area contributed by atoms with Gasteiger partial charge in [0.1, 0.15) is 17.4 Å². The molecule has 24 heavy (non-hydrogen) atoms. The summed E-state index contributed by atoms with van der Waals surface area (Å²) in [6, 6.07) is 5.58. The van der Waals surface area contributed by atoms with Gasteiger partial charge >= 0.3 is 0 Å². The van der Waals surface area contributed by atoms with E-state index in [1.807, 2.05) is 34.6 Å². The van der Waals surface area contributed by atoms with E-state index in [9.17, 15) is 10.1 Å². The molecule has 0 radical (unpaired) electrons. The van der Waals surface area contributed by atoms with Crippen molar-refractivity contribution in [1.82, 2.24) is 9.78 Å². The Balaban J connectivity index is 2.34. The maximum atomic E-state index is 12.5. The van der Waals surface area contributed by atoms with Crippen molar-refractivity contribution in [1.29, 1.82) is 5.26 Å². The molecule has 0 fully saturated rings. The molecule has 1 aromatic carbocycles. The third-order valence-corrected chi connectivity index (χ3v) is 3.68. The number of amides is 1. The van der Waals surface area contributed by atoms with Gasteiger partial charge in [0.2, 0.25) is 0 Å². The monoisotopic (exact) mass is 326 g/mol. The van der Waals surface area contributed by atoms with Crippen LogP contribution in [0, 0.1) is 25.2 Å². The molecule has 0 aliphatic heterocycles. The summed E-state index contributed by atoms with van der Waals surface area (Å²) in [6.07, 6.45) is 1.64. The van der Waals surface area contributed by atoms with E-state index in [2.05, 4.69) is 16.5 Å². The van der Waals surface area contributed by atoms with Crippen LogP contribution in [0.2, 0.25) is 0 Å². The van der Waals surface area contributed by atoms with Crippen molar-refractivity contribution in [3.8, 4) is 11.8 Å². The zero-order chi connectivity index (χ0) is 18.1. The summed E-state index contributed by atoms with van der Waals surface area (Å²) in [7, 11) is 1.60. The molecule has 0 aliphatic carbocycles. The van der Waals surface area contributed by atoms with Crippen molar-refractivity contribution in [3.05, 3.63) is 40.6 Å². The number of carbonyl (C=O) groups is 1. The predicted octanol–water partition coefficient (Wildman–Crippen LogP) is 3.39. The number of nitriles is 1. The summed E-state index contributed by atoms with van der Waals surface area (Å²) in [6.45, 7) is 9.70. The van der Waals surface area contributed by atoms with Crippen molar-refractivity contribution in [3.63, 3.8) is 0 Å². The van der Waals surface area contributed by atoms with Crippen LogP contribution >= 0.6 is 0 Å². The maximum absolute atomic E-state index is 12.5. The molecule has 1 heterocycles. The molecule has 0 spiro atoms. The lowest BCUT2D eigenvalue weighted by Gasteiger charge is -2.18. The number of aromatic nitrogens is 2. The first-order valence-electron chi connectivity index (χ1n) is 7.64. The molecule has 0 aliphatic rings. The molecule has 1 amide bonds. The Labute approximate surface area is 142 Å². The number of carbonyl (C=O) groups excluding carboxylic acids is 1. The molecule has 0 bridgehead atoms. The largest absolute Gasteiger partial charge is 0.496 e. The van der Waals surface area contributed by atoms with Crippen LogP contribution in [0.15, 0.2) is 18.3 Å². The highest BCUT2D eigenvalue weighted by Crippen LogP contribution is 2.25. The highest BCUT2D eigenvalue weighted by Gasteiger charge is 2.20. The Bertz CT molecular complexity index is 800. The fourth-order valence-corrected chi connectivity index (χ4v) is 2.47. The first-order chi connectivity index (χ1) is 11.2. The number of aryl methyl sites for hydroxylation is 2. The summed E-state index contributed by atoms with van der Waals surface area (Å²) in [5.74, 6) is 0.726. The lowest BCUT2D eigenvalue weighted by molar-refractivity contribution is 0.102. The van der Waals surface area contributed by atoms with Gasteiger partial charge in [0.25, 0.3) is 5.91 Å². The molecule has 1 aromatic heterocycles. The van der Waals surface area contributed by atoms with Gasteiger partial charge in [-0.1, -0.05) is 0 Å². The fraction of sp³-hybridized carbons (Fsp3) is 0.389. The second kappa shape index (κ2) is 6.36. The summed E-state index contributed by atoms with van der Waals surface area (Å²) in [5, 5.41) is 16.3. The molecule has 2 aromatic rings. The second-order valence-electron chi connectivity index (χ2n) is 6.72. The number of ether oxygens (including phenoxy) is 1. The topological polar surface area (TPSA) is 79.9 Å². The van der Waals surface area contributed by atoms with Crippen LogP contribution in [0.3, 0.4) is 0 Å². The molecule has 0 atom stereocenters. The van der Waals surface area contributed by atoms with Crippen LogP contribution in [-0.2, 0) is 5.54 Å². The molecule has 6 nitrogen and oxygen atoms in total. The fourth-order valence-electron chi connectivity index (χ4n) is 2.47. The van der Waals surface area contributed by atoms with Crippen molar-refractivity contribution in [2.24, 2.45) is 0 Å². The van der Waals surface area contributed by atoms with Gasteiger partial charge in [0.05, 0.1) is 12.6 Å². The molecular formula is C18H22N4O2. The molecule has 126 valence electrons. The van der Waals surface area contributed by atoms with E-state index < -0.39 is 0 Å². The Morgan fingerprint density at radius 1 is 1.29 bits per heavy atom. The Kier molecular flexibility index (Phi) is 4.65. The minimum atomic E-state index is -0.306. The van der Waals surface area contributed by atoms with E-state index in [4.69, 9.17) is 4.74 Å². The zero-order valence-electron chi connectivity index (χ0n) is 14.9. The van der Waals surface area contributed by atoms with Gasteiger partial charge in [0.15, 0.2) is 5.82 Å². The Morgan fingerprint density at radius 2 is 1.88 bits per heavy atom. The maximum Gasteiger partial charge on any atom is 0.256 e. The third-order valence-electron chi connectivity index (χ3n) is 3.68. The van der Waals surface area contributed by atoms with Gasteiger partial charge in [-0.2, -0.15) is 10.4 Å². The lowest BCUT2D eigenvalue weighted by atomic mass is 10.1. The summed E-state index contributed by atoms with van der Waals surface area (Å²) in [4.78, 5) is 12.5. The van der Waals surface area contributed by atoms with E-state index in [0.717, 1.165) is 16.9 Å². The van der Waals surface area contributed by atoms with Crippen LogP contribution in [0.1, 0.15) is 47.8 Å². The third kappa shape index (κ3) is 3.40. The Morgan fingerprint density at radius 3 is 2.33 bits per heavy atom. The highest BCUT2D eigenvalue weighted by molar-refractivity contribution is 6.04. The molecule has 0 saturated heterocycles. The lowest BCUT2D eigenvalue weighted by Crippen LogP contribution is -2.22.